The van der Waals surface area contributed by atoms with Crippen molar-refractivity contribution in [3.8, 4) is 0 Å². The van der Waals surface area contributed by atoms with E-state index in [1.165, 1.54) is 24.0 Å². The minimum absolute atomic E-state index is 0.0262. The lowest BCUT2D eigenvalue weighted by Gasteiger charge is -2.38. The van der Waals surface area contributed by atoms with Crippen molar-refractivity contribution in [2.24, 2.45) is 0 Å². The normalized spacial score (nSPS) is 17.4. The molecule has 142 valence electrons. The monoisotopic (exact) mass is 363 g/mol. The number of benzene rings is 2. The topological polar surface area (TPSA) is 41.0 Å². The van der Waals surface area contributed by atoms with Gasteiger partial charge >= 0.3 is 5.69 Å². The number of imidazole rings is 1. The van der Waals surface area contributed by atoms with E-state index in [2.05, 4.69) is 48.0 Å². The summed E-state index contributed by atoms with van der Waals surface area (Å²) in [6.45, 7) is 6.48. The van der Waals surface area contributed by atoms with Crippen molar-refractivity contribution in [3.05, 3.63) is 70.1 Å². The Balaban J connectivity index is 1.52. The minimum atomic E-state index is 0.0262. The largest absolute Gasteiger partial charge is 0.326 e. The molecule has 1 aliphatic rings. The van der Waals surface area contributed by atoms with E-state index >= 15 is 0 Å². The molecule has 0 saturated carbocycles. The van der Waals surface area contributed by atoms with Crippen LogP contribution < -0.4 is 5.69 Å². The van der Waals surface area contributed by atoms with Gasteiger partial charge in [-0.2, -0.15) is 0 Å². The van der Waals surface area contributed by atoms with Gasteiger partial charge in [0.2, 0.25) is 0 Å². The van der Waals surface area contributed by atoms with Crippen LogP contribution in [-0.4, -0.2) is 27.5 Å². The highest BCUT2D eigenvalue weighted by atomic mass is 16.1. The Bertz CT molecular complexity index is 946. The van der Waals surface area contributed by atoms with Gasteiger partial charge in [0.25, 0.3) is 0 Å². The van der Waals surface area contributed by atoms with Gasteiger partial charge in [-0.05, 0) is 43.9 Å². The van der Waals surface area contributed by atoms with Gasteiger partial charge in [0, 0.05) is 25.2 Å². The number of piperidine rings is 1. The standard InChI is InChI=1S/C23H29N3O/c1-3-6-21(18-11-9-17(2)10-12-18)25-15-13-19(14-16-25)26-22-8-5-4-7-20(22)24-23(26)27/h4-5,7-12,19,21H,3,6,13-16H2,1-2H3,(H,24,27). The first-order valence-corrected chi connectivity index (χ1v) is 10.2. The maximum Gasteiger partial charge on any atom is 0.326 e. The average molecular weight is 364 g/mol. The van der Waals surface area contributed by atoms with Crippen LogP contribution in [0.25, 0.3) is 11.0 Å². The van der Waals surface area contributed by atoms with Crippen molar-refractivity contribution < 1.29 is 0 Å². The second kappa shape index (κ2) is 7.73. The zero-order valence-corrected chi connectivity index (χ0v) is 16.3. The molecule has 1 fully saturated rings. The van der Waals surface area contributed by atoms with Crippen molar-refractivity contribution in [3.63, 3.8) is 0 Å². The van der Waals surface area contributed by atoms with E-state index in [1.54, 1.807) is 0 Å². The predicted octanol–water partition coefficient (Wildman–Crippen LogP) is 4.82. The van der Waals surface area contributed by atoms with Gasteiger partial charge in [0.15, 0.2) is 0 Å². The number of likely N-dealkylation sites (tertiary alicyclic amines) is 1. The lowest BCUT2D eigenvalue weighted by Crippen LogP contribution is -2.39. The molecular weight excluding hydrogens is 334 g/mol. The number of aromatic amines is 1. The molecule has 3 aromatic rings. The van der Waals surface area contributed by atoms with Gasteiger partial charge in [0.1, 0.15) is 0 Å². The van der Waals surface area contributed by atoms with Crippen LogP contribution in [0.2, 0.25) is 0 Å². The van der Waals surface area contributed by atoms with Crippen LogP contribution in [0.15, 0.2) is 53.3 Å². The van der Waals surface area contributed by atoms with Gasteiger partial charge < -0.3 is 4.98 Å². The van der Waals surface area contributed by atoms with Gasteiger partial charge in [-0.3, -0.25) is 9.47 Å². The third kappa shape index (κ3) is 3.59. The van der Waals surface area contributed by atoms with E-state index in [4.69, 9.17) is 0 Å². The summed E-state index contributed by atoms with van der Waals surface area (Å²) in [7, 11) is 0. The highest BCUT2D eigenvalue weighted by Crippen LogP contribution is 2.32. The molecule has 1 unspecified atom stereocenters. The van der Waals surface area contributed by atoms with E-state index in [0.29, 0.717) is 6.04 Å². The second-order valence-electron chi connectivity index (χ2n) is 7.80. The second-order valence-corrected chi connectivity index (χ2v) is 7.80. The number of aromatic nitrogens is 2. The van der Waals surface area contributed by atoms with Crippen molar-refractivity contribution in [2.75, 3.05) is 13.1 Å². The number of hydrogen-bond acceptors (Lipinski definition) is 2. The molecule has 1 saturated heterocycles. The van der Waals surface area contributed by atoms with E-state index in [-0.39, 0.29) is 11.7 Å². The zero-order valence-electron chi connectivity index (χ0n) is 16.3. The van der Waals surface area contributed by atoms with Crippen molar-refractivity contribution >= 4 is 11.0 Å². The molecule has 4 nitrogen and oxygen atoms in total. The van der Waals surface area contributed by atoms with Crippen LogP contribution in [-0.2, 0) is 0 Å². The number of rotatable bonds is 5. The van der Waals surface area contributed by atoms with Crippen molar-refractivity contribution in [2.45, 2.75) is 51.6 Å². The first-order chi connectivity index (χ1) is 13.2. The third-order valence-electron chi connectivity index (χ3n) is 5.95. The molecule has 27 heavy (non-hydrogen) atoms. The molecular formula is C23H29N3O. The first kappa shape index (κ1) is 18.1. The third-order valence-corrected chi connectivity index (χ3v) is 5.95. The molecule has 1 atom stereocenters. The lowest BCUT2D eigenvalue weighted by molar-refractivity contribution is 0.128. The smallest absolute Gasteiger partial charge is 0.306 e. The fourth-order valence-corrected chi connectivity index (χ4v) is 4.51. The van der Waals surface area contributed by atoms with Crippen molar-refractivity contribution in [1.82, 2.24) is 14.5 Å². The number of H-pyrrole nitrogens is 1. The molecule has 1 aliphatic heterocycles. The summed E-state index contributed by atoms with van der Waals surface area (Å²) < 4.78 is 1.98. The Labute approximate surface area is 160 Å². The number of nitrogens with one attached hydrogen (secondary N) is 1. The molecule has 1 aromatic heterocycles. The molecule has 0 spiro atoms. The molecule has 0 bridgehead atoms. The Morgan fingerprint density at radius 1 is 1.07 bits per heavy atom. The minimum Gasteiger partial charge on any atom is -0.306 e. The summed E-state index contributed by atoms with van der Waals surface area (Å²) >= 11 is 0. The van der Waals surface area contributed by atoms with E-state index in [0.717, 1.165) is 37.0 Å². The summed E-state index contributed by atoms with van der Waals surface area (Å²) in [5, 5.41) is 0. The maximum absolute atomic E-state index is 12.5. The molecule has 1 N–H and O–H groups in total. The Morgan fingerprint density at radius 3 is 2.48 bits per heavy atom. The number of fused-ring (bicyclic) bond motifs is 1. The van der Waals surface area contributed by atoms with Crippen molar-refractivity contribution in [1.29, 1.82) is 0 Å². The molecule has 2 aromatic carbocycles. The molecule has 4 rings (SSSR count). The molecule has 0 radical (unpaired) electrons. The average Bonchev–Trinajstić information content (AvgIpc) is 3.03. The predicted molar refractivity (Wildman–Crippen MR) is 111 cm³/mol. The van der Waals surface area contributed by atoms with Gasteiger partial charge in [-0.1, -0.05) is 55.3 Å². The lowest BCUT2D eigenvalue weighted by atomic mass is 9.95. The summed E-state index contributed by atoms with van der Waals surface area (Å²) in [5.74, 6) is 0. The van der Waals surface area contributed by atoms with Crippen LogP contribution in [0, 0.1) is 6.92 Å². The Hall–Kier alpha value is -2.33. The number of hydrogen-bond donors (Lipinski definition) is 1. The van der Waals surface area contributed by atoms with Gasteiger partial charge in [-0.25, -0.2) is 4.79 Å². The fraction of sp³-hybridized carbons (Fsp3) is 0.435. The highest BCUT2D eigenvalue weighted by Gasteiger charge is 2.28. The maximum atomic E-state index is 12.5. The van der Waals surface area contributed by atoms with Crippen LogP contribution >= 0.6 is 0 Å². The zero-order chi connectivity index (χ0) is 18.8. The summed E-state index contributed by atoms with van der Waals surface area (Å²) in [6.07, 6.45) is 4.41. The van der Waals surface area contributed by atoms with E-state index in [1.807, 2.05) is 28.8 Å². The fourth-order valence-electron chi connectivity index (χ4n) is 4.51. The number of nitrogens with zero attached hydrogens (tertiary/aromatic N) is 2. The highest BCUT2D eigenvalue weighted by molar-refractivity contribution is 5.75. The summed E-state index contributed by atoms with van der Waals surface area (Å²) in [6, 6.07) is 17.8. The molecule has 0 amide bonds. The molecule has 4 heteroatoms. The van der Waals surface area contributed by atoms with E-state index < -0.39 is 0 Å². The quantitative estimate of drug-likeness (QED) is 0.706. The SMILES string of the molecule is CCCC(c1ccc(C)cc1)N1CCC(n2c(=O)[nH]c3ccccc32)CC1. The summed E-state index contributed by atoms with van der Waals surface area (Å²) in [4.78, 5) is 18.1. The van der Waals surface area contributed by atoms with Gasteiger partial charge in [-0.15, -0.1) is 0 Å². The Kier molecular flexibility index (Phi) is 5.17. The Morgan fingerprint density at radius 2 is 1.78 bits per heavy atom. The summed E-state index contributed by atoms with van der Waals surface area (Å²) in [5.41, 5.74) is 4.73. The van der Waals surface area contributed by atoms with Crippen LogP contribution in [0.5, 0.6) is 0 Å². The molecule has 2 heterocycles. The number of aryl methyl sites for hydroxylation is 1. The first-order valence-electron chi connectivity index (χ1n) is 10.2. The van der Waals surface area contributed by atoms with Gasteiger partial charge in [0.05, 0.1) is 11.0 Å². The molecule has 0 aliphatic carbocycles. The van der Waals surface area contributed by atoms with Crippen LogP contribution in [0.4, 0.5) is 0 Å². The number of para-hydroxylation sites is 2. The van der Waals surface area contributed by atoms with Crippen LogP contribution in [0.1, 0.15) is 55.8 Å². The van der Waals surface area contributed by atoms with E-state index in [9.17, 15) is 4.79 Å². The van der Waals surface area contributed by atoms with Crippen LogP contribution in [0.3, 0.4) is 0 Å².